The Morgan fingerprint density at radius 2 is 1.92 bits per heavy atom. The maximum atomic E-state index is 12.0. The van der Waals surface area contributed by atoms with Gasteiger partial charge in [-0.15, -0.1) is 0 Å². The molecule has 136 valence electrons. The molecule has 24 heavy (non-hydrogen) atoms. The number of esters is 1. The monoisotopic (exact) mass is 338 g/mol. The fourth-order valence-electron chi connectivity index (χ4n) is 2.23. The van der Waals surface area contributed by atoms with Crippen LogP contribution in [0.25, 0.3) is 0 Å². The summed E-state index contributed by atoms with van der Waals surface area (Å²) in [4.78, 5) is 23.8. The summed E-state index contributed by atoms with van der Waals surface area (Å²) in [6, 6.07) is -0.283. The average Bonchev–Trinajstić information content (AvgIpc) is 2.76. The molecule has 0 aliphatic heterocycles. The number of rotatable bonds is 7. The Morgan fingerprint density at radius 3 is 2.46 bits per heavy atom. The summed E-state index contributed by atoms with van der Waals surface area (Å²) in [5.74, 6) is -0.329. The smallest absolute Gasteiger partial charge is 0.315 e. The van der Waals surface area contributed by atoms with Gasteiger partial charge in [0.25, 0.3) is 0 Å². The van der Waals surface area contributed by atoms with Crippen molar-refractivity contribution in [3.8, 4) is 0 Å². The van der Waals surface area contributed by atoms with E-state index < -0.39 is 11.1 Å². The number of nitrogens with zero attached hydrogens (tertiary/aromatic N) is 2. The van der Waals surface area contributed by atoms with Crippen molar-refractivity contribution in [1.29, 1.82) is 0 Å². The van der Waals surface area contributed by atoms with Crippen molar-refractivity contribution in [2.24, 2.45) is 7.05 Å². The summed E-state index contributed by atoms with van der Waals surface area (Å²) in [6.07, 6.45) is 5.59. The number of nitrogens with one attached hydrogen (secondary N) is 2. The van der Waals surface area contributed by atoms with E-state index in [2.05, 4.69) is 15.7 Å². The van der Waals surface area contributed by atoms with E-state index in [0.717, 1.165) is 18.4 Å². The van der Waals surface area contributed by atoms with Crippen molar-refractivity contribution < 1.29 is 14.3 Å². The first-order valence-electron chi connectivity index (χ1n) is 8.22. The Labute approximate surface area is 144 Å². The van der Waals surface area contributed by atoms with E-state index in [0.29, 0.717) is 6.54 Å². The van der Waals surface area contributed by atoms with Gasteiger partial charge in [0.15, 0.2) is 0 Å². The zero-order chi connectivity index (χ0) is 18.4. The highest BCUT2D eigenvalue weighted by Gasteiger charge is 2.27. The van der Waals surface area contributed by atoms with Gasteiger partial charge in [-0.25, -0.2) is 4.79 Å². The largest absolute Gasteiger partial charge is 0.460 e. The molecule has 0 aromatic carbocycles. The van der Waals surface area contributed by atoms with E-state index in [1.165, 1.54) is 0 Å². The summed E-state index contributed by atoms with van der Waals surface area (Å²) in [5.41, 5.74) is -0.0535. The number of aromatic nitrogens is 2. The molecule has 1 rings (SSSR count). The molecule has 0 unspecified atom stereocenters. The molecule has 2 amide bonds. The molecular weight excluding hydrogens is 308 g/mol. The minimum absolute atomic E-state index is 0.118. The fourth-order valence-corrected chi connectivity index (χ4v) is 2.23. The fraction of sp³-hybridized carbons (Fsp3) is 0.706. The van der Waals surface area contributed by atoms with Gasteiger partial charge in [-0.1, -0.05) is 0 Å². The average molecular weight is 338 g/mol. The third kappa shape index (κ3) is 8.55. The predicted molar refractivity (Wildman–Crippen MR) is 92.6 cm³/mol. The molecule has 0 bridgehead atoms. The zero-order valence-electron chi connectivity index (χ0n) is 15.6. The van der Waals surface area contributed by atoms with Crippen molar-refractivity contribution in [3.05, 3.63) is 18.0 Å². The highest BCUT2D eigenvalue weighted by Crippen LogP contribution is 2.14. The summed E-state index contributed by atoms with van der Waals surface area (Å²) in [7, 11) is 1.88. The van der Waals surface area contributed by atoms with E-state index in [9.17, 15) is 9.59 Å². The van der Waals surface area contributed by atoms with Crippen molar-refractivity contribution in [1.82, 2.24) is 20.4 Å². The number of carbonyl (C=O) groups excluding carboxylic acids is 2. The molecular formula is C17H30N4O3. The Bertz CT molecular complexity index is 558. The second-order valence-electron chi connectivity index (χ2n) is 7.65. The number of carbonyl (C=O) groups is 2. The number of amides is 2. The second-order valence-corrected chi connectivity index (χ2v) is 7.65. The summed E-state index contributed by atoms with van der Waals surface area (Å²) < 4.78 is 7.04. The highest BCUT2D eigenvalue weighted by molar-refractivity contribution is 5.77. The van der Waals surface area contributed by atoms with Gasteiger partial charge in [0.1, 0.15) is 5.60 Å². The van der Waals surface area contributed by atoms with E-state index in [1.54, 1.807) is 18.5 Å². The van der Waals surface area contributed by atoms with Crippen LogP contribution in [0.15, 0.2) is 12.4 Å². The number of hydrogen-bond acceptors (Lipinski definition) is 4. The van der Waals surface area contributed by atoms with E-state index >= 15 is 0 Å². The van der Waals surface area contributed by atoms with Gasteiger partial charge in [0.2, 0.25) is 0 Å². The molecule has 0 saturated heterocycles. The molecule has 0 fully saturated rings. The topological polar surface area (TPSA) is 85.2 Å². The third-order valence-corrected chi connectivity index (χ3v) is 3.14. The van der Waals surface area contributed by atoms with Crippen molar-refractivity contribution in [2.45, 2.75) is 65.0 Å². The third-order valence-electron chi connectivity index (χ3n) is 3.14. The zero-order valence-corrected chi connectivity index (χ0v) is 15.6. The molecule has 0 spiro atoms. The first-order chi connectivity index (χ1) is 11.0. The van der Waals surface area contributed by atoms with Crippen LogP contribution in [0.3, 0.4) is 0 Å². The molecule has 1 aromatic heterocycles. The molecule has 0 saturated carbocycles. The second kappa shape index (κ2) is 8.17. The Morgan fingerprint density at radius 1 is 1.25 bits per heavy atom. The van der Waals surface area contributed by atoms with E-state index in [4.69, 9.17) is 4.74 Å². The van der Waals surface area contributed by atoms with Crippen LogP contribution in [0.2, 0.25) is 0 Å². The Kier molecular flexibility index (Phi) is 6.81. The molecule has 7 heteroatoms. The Hall–Kier alpha value is -2.05. The molecule has 2 N–H and O–H groups in total. The molecule has 1 heterocycles. The summed E-state index contributed by atoms with van der Waals surface area (Å²) in [5, 5.41) is 9.72. The highest BCUT2D eigenvalue weighted by atomic mass is 16.6. The molecule has 0 aliphatic rings. The lowest BCUT2D eigenvalue weighted by molar-refractivity contribution is -0.156. The molecule has 7 nitrogen and oxygen atoms in total. The van der Waals surface area contributed by atoms with Gasteiger partial charge >= 0.3 is 12.0 Å². The molecule has 0 atom stereocenters. The van der Waals surface area contributed by atoms with E-state index in [-0.39, 0.29) is 18.4 Å². The normalized spacial score (nSPS) is 11.9. The van der Waals surface area contributed by atoms with E-state index in [1.807, 2.05) is 40.2 Å². The first-order valence-corrected chi connectivity index (χ1v) is 8.22. The number of aryl methyl sites for hydroxylation is 2. The van der Waals surface area contributed by atoms with Gasteiger partial charge in [-0.05, 0) is 53.0 Å². The summed E-state index contributed by atoms with van der Waals surface area (Å²) in [6.45, 7) is 9.61. The van der Waals surface area contributed by atoms with Gasteiger partial charge in [-0.2, -0.15) is 5.10 Å². The Balaban J connectivity index is 2.28. The molecule has 0 aliphatic carbocycles. The summed E-state index contributed by atoms with van der Waals surface area (Å²) >= 11 is 0. The van der Waals surface area contributed by atoms with Crippen molar-refractivity contribution in [2.75, 3.05) is 6.54 Å². The van der Waals surface area contributed by atoms with Crippen LogP contribution in [-0.4, -0.2) is 39.5 Å². The minimum atomic E-state index is -0.671. The number of hydrogen-bond donors (Lipinski definition) is 2. The molecule has 0 radical (unpaired) electrons. The lowest BCUT2D eigenvalue weighted by Crippen LogP contribution is -2.50. The van der Waals surface area contributed by atoms with Crippen LogP contribution < -0.4 is 10.6 Å². The van der Waals surface area contributed by atoms with Gasteiger partial charge in [0, 0.05) is 25.3 Å². The maximum Gasteiger partial charge on any atom is 0.315 e. The van der Waals surface area contributed by atoms with Gasteiger partial charge < -0.3 is 15.4 Å². The van der Waals surface area contributed by atoms with Crippen LogP contribution in [-0.2, 0) is 23.0 Å². The molecule has 1 aromatic rings. The minimum Gasteiger partial charge on any atom is -0.460 e. The van der Waals surface area contributed by atoms with Crippen LogP contribution in [0.1, 0.15) is 53.0 Å². The van der Waals surface area contributed by atoms with Crippen LogP contribution in [0.5, 0.6) is 0 Å². The van der Waals surface area contributed by atoms with Crippen LogP contribution in [0.4, 0.5) is 4.79 Å². The standard InChI is InChI=1S/C17H30N4O3/c1-16(2,3)24-14(22)10-17(4,5)20-15(23)18-9-7-8-13-11-19-21(6)12-13/h11-12H,7-10H2,1-6H3,(H2,18,20,23). The number of urea groups is 1. The first kappa shape index (κ1) is 20.0. The lowest BCUT2D eigenvalue weighted by atomic mass is 10.0. The van der Waals surface area contributed by atoms with Crippen LogP contribution in [0, 0.1) is 0 Å². The van der Waals surface area contributed by atoms with Crippen molar-refractivity contribution in [3.63, 3.8) is 0 Å². The van der Waals surface area contributed by atoms with Gasteiger partial charge in [-0.3, -0.25) is 9.48 Å². The SMILES string of the molecule is Cn1cc(CCCNC(=O)NC(C)(C)CC(=O)OC(C)(C)C)cn1. The number of ether oxygens (including phenoxy) is 1. The van der Waals surface area contributed by atoms with Gasteiger partial charge in [0.05, 0.1) is 12.6 Å². The van der Waals surface area contributed by atoms with Crippen LogP contribution >= 0.6 is 0 Å². The lowest BCUT2D eigenvalue weighted by Gasteiger charge is -2.27. The maximum absolute atomic E-state index is 12.0. The predicted octanol–water partition coefficient (Wildman–Crippen LogP) is 2.16. The van der Waals surface area contributed by atoms with Crippen molar-refractivity contribution >= 4 is 12.0 Å². The quantitative estimate of drug-likeness (QED) is 0.589.